The number of aromatic amines is 2. The van der Waals surface area contributed by atoms with Gasteiger partial charge in [0.15, 0.2) is 0 Å². The molecule has 0 spiro atoms. The van der Waals surface area contributed by atoms with Gasteiger partial charge >= 0.3 is 52.3 Å². The van der Waals surface area contributed by atoms with Crippen molar-refractivity contribution in [2.75, 3.05) is 0 Å². The topological polar surface area (TPSA) is 65.7 Å². The van der Waals surface area contributed by atoms with Gasteiger partial charge in [-0.05, 0) is 0 Å². The molecule has 0 saturated heterocycles. The monoisotopic (exact) mass is 236 g/mol. The molecule has 1 rings (SSSR count). The Kier molecular flexibility index (Phi) is 7.15. The zero-order valence-corrected chi connectivity index (χ0v) is 9.87. The van der Waals surface area contributed by atoms with E-state index >= 15 is 0 Å². The van der Waals surface area contributed by atoms with Crippen LogP contribution in [0.2, 0.25) is 0 Å². The SMILES string of the molecule is O=c1[nH]cc(F)c(=O)[nH]1.[H-].[Na+].[SeH2]. The van der Waals surface area contributed by atoms with Crippen LogP contribution in [0.3, 0.4) is 0 Å². The maximum atomic E-state index is 12.0. The number of aromatic nitrogens is 2. The van der Waals surface area contributed by atoms with Gasteiger partial charge in [0.2, 0.25) is 5.82 Å². The second-order valence-corrected chi connectivity index (χ2v) is 1.42. The van der Waals surface area contributed by atoms with Crippen molar-refractivity contribution in [3.8, 4) is 0 Å². The molecule has 0 saturated carbocycles. The van der Waals surface area contributed by atoms with Gasteiger partial charge in [0.25, 0.3) is 5.56 Å². The Bertz CT molecular complexity index is 327. The first-order valence-electron chi connectivity index (χ1n) is 2.17. The quantitative estimate of drug-likeness (QED) is 0.444. The molecule has 2 N–H and O–H groups in total. The van der Waals surface area contributed by atoms with E-state index in [0.717, 1.165) is 0 Å². The van der Waals surface area contributed by atoms with Crippen LogP contribution in [0.15, 0.2) is 15.8 Å². The molecule has 0 aromatic carbocycles. The van der Waals surface area contributed by atoms with E-state index in [9.17, 15) is 14.0 Å². The predicted molar refractivity (Wildman–Crippen MR) is 37.3 cm³/mol. The van der Waals surface area contributed by atoms with E-state index in [-0.39, 0.29) is 48.1 Å². The molecule has 0 aliphatic carbocycles. The number of H-pyrrole nitrogens is 2. The Labute approximate surface area is 94.9 Å². The normalized spacial score (nSPS) is 7.73. The van der Waals surface area contributed by atoms with Crippen LogP contribution in [0.4, 0.5) is 4.39 Å². The molecule has 0 amide bonds. The summed E-state index contributed by atoms with van der Waals surface area (Å²) in [5.41, 5.74) is -1.71. The van der Waals surface area contributed by atoms with Crippen LogP contribution in [0.1, 0.15) is 1.43 Å². The summed E-state index contributed by atoms with van der Waals surface area (Å²) in [6, 6.07) is 0. The number of hydrogen-bond donors (Lipinski definition) is 2. The van der Waals surface area contributed by atoms with E-state index in [1.54, 1.807) is 4.98 Å². The predicted octanol–water partition coefficient (Wildman–Crippen LogP) is -4.60. The standard InChI is InChI=1S/C4H3FN2O2.Na.H2Se.H/c5-2-1-6-4(9)7-3(2)8;;;/h1H,(H2,6,7,8,9);;1H2;/q;+1;;-1. The molecular weight excluding hydrogens is 229 g/mol. The van der Waals surface area contributed by atoms with Gasteiger partial charge in [0.05, 0.1) is 0 Å². The first kappa shape index (κ1) is 13.7. The molecule has 0 atom stereocenters. The second-order valence-electron chi connectivity index (χ2n) is 1.42. The summed E-state index contributed by atoms with van der Waals surface area (Å²) in [6.07, 6.45) is 0.709. The summed E-state index contributed by atoms with van der Waals surface area (Å²) in [6.45, 7) is 0. The van der Waals surface area contributed by atoms with Gasteiger partial charge in [0.1, 0.15) is 0 Å². The van der Waals surface area contributed by atoms with E-state index in [0.29, 0.717) is 6.20 Å². The van der Waals surface area contributed by atoms with Crippen molar-refractivity contribution in [1.29, 1.82) is 0 Å². The Hall–Kier alpha value is 0.129. The fourth-order valence-corrected chi connectivity index (χ4v) is 0.393. The third-order valence-electron chi connectivity index (χ3n) is 0.774. The van der Waals surface area contributed by atoms with Gasteiger partial charge in [-0.1, -0.05) is 0 Å². The fourth-order valence-electron chi connectivity index (χ4n) is 0.393. The van der Waals surface area contributed by atoms with Crippen LogP contribution in [-0.2, 0) is 0 Å². The third kappa shape index (κ3) is 3.88. The Morgan fingerprint density at radius 2 is 2.00 bits per heavy atom. The molecular formula is C4H6FN2NaO2Se. The van der Waals surface area contributed by atoms with Crippen LogP contribution < -0.4 is 40.8 Å². The van der Waals surface area contributed by atoms with E-state index in [1.807, 2.05) is 4.98 Å². The molecule has 0 bridgehead atoms. The maximum absolute atomic E-state index is 12.0. The molecule has 58 valence electrons. The summed E-state index contributed by atoms with van der Waals surface area (Å²) in [5, 5.41) is 0. The Balaban J connectivity index is -0.000000270. The molecule has 0 fully saturated rings. The van der Waals surface area contributed by atoms with Gasteiger partial charge in [0, 0.05) is 6.20 Å². The average Bonchev–Trinajstić information content (AvgIpc) is 1.80. The van der Waals surface area contributed by atoms with Crippen molar-refractivity contribution in [2.24, 2.45) is 0 Å². The van der Waals surface area contributed by atoms with Crippen molar-refractivity contribution in [3.63, 3.8) is 0 Å². The minimum atomic E-state index is -1.00. The first-order valence-corrected chi connectivity index (χ1v) is 2.17. The molecule has 1 heterocycles. The number of nitrogens with one attached hydrogen (secondary N) is 2. The van der Waals surface area contributed by atoms with Gasteiger partial charge in [-0.25, -0.2) is 4.79 Å². The first-order chi connectivity index (χ1) is 4.20. The molecule has 11 heavy (non-hydrogen) atoms. The van der Waals surface area contributed by atoms with Gasteiger partial charge in [-0.15, -0.1) is 0 Å². The zero-order chi connectivity index (χ0) is 6.85. The molecule has 1 aromatic rings. The molecule has 0 unspecified atom stereocenters. The van der Waals surface area contributed by atoms with Crippen molar-refractivity contribution >= 4 is 17.1 Å². The summed E-state index contributed by atoms with van der Waals surface area (Å²) >= 11 is 0. The number of halogens is 1. The van der Waals surface area contributed by atoms with Crippen LogP contribution in [0, 0.1) is 5.82 Å². The molecule has 0 aliphatic heterocycles. The van der Waals surface area contributed by atoms with E-state index in [2.05, 4.69) is 0 Å². The molecule has 0 radical (unpaired) electrons. The molecule has 1 aromatic heterocycles. The van der Waals surface area contributed by atoms with Gasteiger partial charge in [-0.3, -0.25) is 9.78 Å². The van der Waals surface area contributed by atoms with E-state index in [4.69, 9.17) is 0 Å². The number of rotatable bonds is 0. The Morgan fingerprint density at radius 3 is 2.36 bits per heavy atom. The summed E-state index contributed by atoms with van der Waals surface area (Å²) in [4.78, 5) is 24.0. The third-order valence-corrected chi connectivity index (χ3v) is 0.774. The Morgan fingerprint density at radius 1 is 1.45 bits per heavy atom. The van der Waals surface area contributed by atoms with Crippen molar-refractivity contribution in [3.05, 3.63) is 32.9 Å². The van der Waals surface area contributed by atoms with Gasteiger partial charge < -0.3 is 6.41 Å². The summed E-state index contributed by atoms with van der Waals surface area (Å²) < 4.78 is 12.0. The molecule has 0 aliphatic rings. The molecule has 7 heteroatoms. The van der Waals surface area contributed by atoms with Crippen molar-refractivity contribution < 1.29 is 35.4 Å². The van der Waals surface area contributed by atoms with Crippen molar-refractivity contribution in [1.82, 2.24) is 9.97 Å². The van der Waals surface area contributed by atoms with Crippen LogP contribution in [0.5, 0.6) is 0 Å². The second kappa shape index (κ2) is 5.74. The van der Waals surface area contributed by atoms with Crippen LogP contribution in [-0.4, -0.2) is 27.0 Å². The van der Waals surface area contributed by atoms with E-state index < -0.39 is 17.1 Å². The van der Waals surface area contributed by atoms with Crippen molar-refractivity contribution in [2.45, 2.75) is 0 Å². The van der Waals surface area contributed by atoms with Crippen LogP contribution in [0.25, 0.3) is 0 Å². The average molecular weight is 235 g/mol. The molecule has 4 nitrogen and oxygen atoms in total. The van der Waals surface area contributed by atoms with E-state index in [1.165, 1.54) is 0 Å². The summed E-state index contributed by atoms with van der Waals surface area (Å²) in [5.74, 6) is -0.991. The minimum absolute atomic E-state index is 0. The fraction of sp³-hybridized carbons (Fsp3) is 0. The summed E-state index contributed by atoms with van der Waals surface area (Å²) in [7, 11) is 0. The number of hydrogen-bond acceptors (Lipinski definition) is 2. The van der Waals surface area contributed by atoms with Crippen LogP contribution >= 0.6 is 0 Å². The zero-order valence-electron chi connectivity index (χ0n) is 6.77. The van der Waals surface area contributed by atoms with Gasteiger partial charge in [-0.2, -0.15) is 4.39 Å².